The molecule has 4 heteroatoms. The number of anilines is 1. The average molecular weight is 348 g/mol. The molecule has 0 bridgehead atoms. The summed E-state index contributed by atoms with van der Waals surface area (Å²) >= 11 is 0. The van der Waals surface area contributed by atoms with Crippen LogP contribution in [0.5, 0.6) is 0 Å². The van der Waals surface area contributed by atoms with Crippen molar-refractivity contribution in [2.75, 3.05) is 11.4 Å². The smallest absolute Gasteiger partial charge is 0.242 e. The van der Waals surface area contributed by atoms with Crippen LogP contribution in [-0.4, -0.2) is 18.4 Å². The quantitative estimate of drug-likeness (QED) is 0.858. The Kier molecular flexibility index (Phi) is 4.27. The van der Waals surface area contributed by atoms with Crippen LogP contribution in [0.1, 0.15) is 43.4 Å². The van der Waals surface area contributed by atoms with E-state index in [4.69, 9.17) is 0 Å². The number of hydrogen-bond acceptors (Lipinski definition) is 2. The number of hydrogen-bond donors (Lipinski definition) is 1. The molecule has 134 valence electrons. The summed E-state index contributed by atoms with van der Waals surface area (Å²) in [5, 5.41) is 3.06. The van der Waals surface area contributed by atoms with Gasteiger partial charge in [-0.1, -0.05) is 48.5 Å². The Hall–Kier alpha value is -2.62. The lowest BCUT2D eigenvalue weighted by molar-refractivity contribution is -0.136. The van der Waals surface area contributed by atoms with E-state index in [-0.39, 0.29) is 17.9 Å². The molecular formula is C22H24N2O2. The Morgan fingerprint density at radius 2 is 1.73 bits per heavy atom. The fourth-order valence-electron chi connectivity index (χ4n) is 3.83. The lowest BCUT2D eigenvalue weighted by Crippen LogP contribution is -2.47. The molecule has 2 aromatic rings. The third-order valence-electron chi connectivity index (χ3n) is 5.60. The number of amides is 2. The summed E-state index contributed by atoms with van der Waals surface area (Å²) in [6.07, 6.45) is 3.21. The average Bonchev–Trinajstić information content (AvgIpc) is 3.50. The normalized spacial score (nSPS) is 18.6. The minimum absolute atomic E-state index is 0.0394. The van der Waals surface area contributed by atoms with E-state index in [0.29, 0.717) is 19.4 Å². The van der Waals surface area contributed by atoms with Crippen LogP contribution in [0.25, 0.3) is 0 Å². The number of nitrogens with one attached hydrogen (secondary N) is 1. The van der Waals surface area contributed by atoms with Crippen LogP contribution in [0.4, 0.5) is 5.69 Å². The lowest BCUT2D eigenvalue weighted by atomic mass is 9.97. The van der Waals surface area contributed by atoms with E-state index >= 15 is 0 Å². The third-order valence-corrected chi connectivity index (χ3v) is 5.60. The zero-order valence-electron chi connectivity index (χ0n) is 15.1. The van der Waals surface area contributed by atoms with Gasteiger partial charge >= 0.3 is 0 Å². The van der Waals surface area contributed by atoms with E-state index in [9.17, 15) is 9.59 Å². The van der Waals surface area contributed by atoms with Gasteiger partial charge in [0.05, 0.1) is 6.04 Å². The van der Waals surface area contributed by atoms with Gasteiger partial charge in [0.25, 0.3) is 0 Å². The van der Waals surface area contributed by atoms with Crippen molar-refractivity contribution in [3.63, 3.8) is 0 Å². The number of carbonyl (C=O) groups is 2. The molecule has 1 saturated carbocycles. The molecule has 2 aromatic carbocycles. The van der Waals surface area contributed by atoms with E-state index in [1.807, 2.05) is 60.4 Å². The number of para-hydroxylation sites is 1. The summed E-state index contributed by atoms with van der Waals surface area (Å²) in [5.74, 6) is -0.177. The second kappa shape index (κ2) is 6.60. The van der Waals surface area contributed by atoms with E-state index in [1.54, 1.807) is 0 Å². The zero-order valence-corrected chi connectivity index (χ0v) is 15.1. The summed E-state index contributed by atoms with van der Waals surface area (Å²) in [7, 11) is 0. The second-order valence-electron chi connectivity index (χ2n) is 7.38. The molecule has 4 nitrogen and oxygen atoms in total. The van der Waals surface area contributed by atoms with Crippen LogP contribution in [-0.2, 0) is 16.0 Å². The van der Waals surface area contributed by atoms with Crippen molar-refractivity contribution in [3.05, 3.63) is 65.7 Å². The van der Waals surface area contributed by atoms with Gasteiger partial charge in [-0.05, 0) is 49.8 Å². The van der Waals surface area contributed by atoms with E-state index in [2.05, 4.69) is 11.4 Å². The highest BCUT2D eigenvalue weighted by molar-refractivity contribution is 6.14. The van der Waals surface area contributed by atoms with E-state index in [1.165, 1.54) is 5.56 Å². The number of aryl methyl sites for hydroxylation is 1. The first-order valence-electron chi connectivity index (χ1n) is 9.38. The van der Waals surface area contributed by atoms with Crippen LogP contribution in [0.15, 0.2) is 54.6 Å². The van der Waals surface area contributed by atoms with Gasteiger partial charge in [0.1, 0.15) is 5.41 Å². The maximum absolute atomic E-state index is 13.3. The van der Waals surface area contributed by atoms with Crippen LogP contribution in [0.3, 0.4) is 0 Å². The summed E-state index contributed by atoms with van der Waals surface area (Å²) in [5.41, 5.74) is 2.33. The number of carbonyl (C=O) groups excluding carboxylic acids is 2. The predicted molar refractivity (Wildman–Crippen MR) is 102 cm³/mol. The Bertz CT molecular complexity index is 827. The number of fused-ring (bicyclic) bond motifs is 1. The van der Waals surface area contributed by atoms with Crippen molar-refractivity contribution in [2.24, 2.45) is 5.41 Å². The highest BCUT2D eigenvalue weighted by Crippen LogP contribution is 2.49. The lowest BCUT2D eigenvalue weighted by Gasteiger charge is -2.32. The molecular weight excluding hydrogens is 324 g/mol. The van der Waals surface area contributed by atoms with E-state index in [0.717, 1.165) is 24.1 Å². The van der Waals surface area contributed by atoms with E-state index < -0.39 is 5.41 Å². The monoisotopic (exact) mass is 348 g/mol. The standard InChI is InChI=1S/C22H24N2O2/c1-16(17-8-3-2-4-9-17)23-20(25)22(13-14-22)21(26)24-15-7-11-18-10-5-6-12-19(18)24/h2-6,8-10,12,16H,7,11,13-15H2,1H3,(H,23,25). The van der Waals surface area contributed by atoms with Crippen LogP contribution in [0, 0.1) is 5.41 Å². The predicted octanol–water partition coefficient (Wildman–Crippen LogP) is 3.62. The number of benzene rings is 2. The molecule has 1 aliphatic heterocycles. The highest BCUT2D eigenvalue weighted by atomic mass is 16.2. The molecule has 1 N–H and O–H groups in total. The Morgan fingerprint density at radius 3 is 2.46 bits per heavy atom. The molecule has 4 rings (SSSR count). The number of rotatable bonds is 4. The number of nitrogens with zero attached hydrogens (tertiary/aromatic N) is 1. The molecule has 2 amide bonds. The van der Waals surface area contributed by atoms with Gasteiger partial charge in [0.15, 0.2) is 0 Å². The molecule has 1 aliphatic carbocycles. The molecule has 0 saturated heterocycles. The van der Waals surface area contributed by atoms with Crippen molar-refractivity contribution >= 4 is 17.5 Å². The SMILES string of the molecule is CC(NC(=O)C1(C(=O)N2CCCc3ccccc32)CC1)c1ccccc1. The minimum atomic E-state index is -0.881. The molecule has 1 heterocycles. The minimum Gasteiger partial charge on any atom is -0.349 e. The summed E-state index contributed by atoms with van der Waals surface area (Å²) in [6.45, 7) is 2.66. The maximum Gasteiger partial charge on any atom is 0.242 e. The van der Waals surface area contributed by atoms with Crippen LogP contribution in [0.2, 0.25) is 0 Å². The first-order valence-corrected chi connectivity index (χ1v) is 9.38. The molecule has 2 aliphatic rings. The van der Waals surface area contributed by atoms with Gasteiger partial charge in [0.2, 0.25) is 11.8 Å². The fraction of sp³-hybridized carbons (Fsp3) is 0.364. The largest absolute Gasteiger partial charge is 0.349 e. The van der Waals surface area contributed by atoms with Crippen molar-refractivity contribution in [1.29, 1.82) is 0 Å². The van der Waals surface area contributed by atoms with Gasteiger partial charge in [-0.15, -0.1) is 0 Å². The molecule has 26 heavy (non-hydrogen) atoms. The summed E-state index contributed by atoms with van der Waals surface area (Å²) in [6, 6.07) is 17.8. The van der Waals surface area contributed by atoms with Gasteiger partial charge in [-0.3, -0.25) is 9.59 Å². The van der Waals surface area contributed by atoms with Crippen molar-refractivity contribution in [3.8, 4) is 0 Å². The molecule has 1 fully saturated rings. The topological polar surface area (TPSA) is 49.4 Å². The van der Waals surface area contributed by atoms with Crippen LogP contribution < -0.4 is 10.2 Å². The molecule has 0 radical (unpaired) electrons. The molecule has 1 atom stereocenters. The molecule has 0 spiro atoms. The van der Waals surface area contributed by atoms with Crippen molar-refractivity contribution in [2.45, 2.75) is 38.6 Å². The highest BCUT2D eigenvalue weighted by Gasteiger charge is 2.58. The Balaban J connectivity index is 1.52. The van der Waals surface area contributed by atoms with Crippen molar-refractivity contribution in [1.82, 2.24) is 5.32 Å². The Morgan fingerprint density at radius 1 is 1.04 bits per heavy atom. The first-order chi connectivity index (χ1) is 12.6. The Labute approximate surface area is 154 Å². The summed E-state index contributed by atoms with van der Waals surface area (Å²) in [4.78, 5) is 28.1. The van der Waals surface area contributed by atoms with Crippen LogP contribution >= 0.6 is 0 Å². The third kappa shape index (κ3) is 2.90. The summed E-state index contributed by atoms with van der Waals surface area (Å²) < 4.78 is 0. The van der Waals surface area contributed by atoms with Gasteiger partial charge in [-0.2, -0.15) is 0 Å². The molecule has 0 aromatic heterocycles. The van der Waals surface area contributed by atoms with Gasteiger partial charge in [-0.25, -0.2) is 0 Å². The molecule has 1 unspecified atom stereocenters. The van der Waals surface area contributed by atoms with Gasteiger partial charge in [0, 0.05) is 12.2 Å². The maximum atomic E-state index is 13.3. The fourth-order valence-corrected chi connectivity index (χ4v) is 3.83. The first kappa shape index (κ1) is 16.8. The van der Waals surface area contributed by atoms with Crippen molar-refractivity contribution < 1.29 is 9.59 Å². The van der Waals surface area contributed by atoms with Gasteiger partial charge < -0.3 is 10.2 Å². The second-order valence-corrected chi connectivity index (χ2v) is 7.38. The zero-order chi connectivity index (χ0) is 18.1.